The van der Waals surface area contributed by atoms with E-state index >= 15 is 0 Å². The fourth-order valence-corrected chi connectivity index (χ4v) is 3.79. The smallest absolute Gasteiger partial charge is 0.262 e. The quantitative estimate of drug-likeness (QED) is 0.702. The van der Waals surface area contributed by atoms with E-state index in [9.17, 15) is 13.6 Å². The van der Waals surface area contributed by atoms with E-state index in [-0.39, 0.29) is 22.8 Å². The minimum atomic E-state index is -0.934. The first-order chi connectivity index (χ1) is 13.9. The molecule has 1 aliphatic heterocycles. The van der Waals surface area contributed by atoms with Crippen LogP contribution in [0.1, 0.15) is 26.7 Å². The summed E-state index contributed by atoms with van der Waals surface area (Å²) in [6, 6.07) is 6.19. The fraction of sp³-hybridized carbons (Fsp3) is 0.381. The molecule has 2 N–H and O–H groups in total. The van der Waals surface area contributed by atoms with Crippen LogP contribution in [0, 0.1) is 11.6 Å². The standard InChI is InChI=1S/C21H23F2N5O/c1-12(2)28-8-5-14(6-9-28)25-16-4-3-7-24-19(16)20-26-17-11-13(22)10-15(23)18(17)21(29)27-20/h3-4,7,10-12,14,25H,5-6,8-9H2,1-2H3,(H,26,27,29). The second kappa shape index (κ2) is 7.87. The van der Waals surface area contributed by atoms with Crippen molar-refractivity contribution in [3.63, 3.8) is 0 Å². The lowest BCUT2D eigenvalue weighted by Crippen LogP contribution is -2.42. The van der Waals surface area contributed by atoms with Gasteiger partial charge in [-0.25, -0.2) is 13.8 Å². The molecular weight excluding hydrogens is 376 g/mol. The van der Waals surface area contributed by atoms with Crippen molar-refractivity contribution < 1.29 is 8.78 Å². The van der Waals surface area contributed by atoms with Crippen LogP contribution in [-0.4, -0.2) is 45.0 Å². The van der Waals surface area contributed by atoms with Gasteiger partial charge < -0.3 is 15.2 Å². The van der Waals surface area contributed by atoms with Crippen molar-refractivity contribution in [2.45, 2.75) is 38.8 Å². The minimum Gasteiger partial charge on any atom is -0.380 e. The summed E-state index contributed by atoms with van der Waals surface area (Å²) < 4.78 is 27.6. The van der Waals surface area contributed by atoms with E-state index < -0.39 is 17.2 Å². The van der Waals surface area contributed by atoms with E-state index in [2.05, 4.69) is 39.0 Å². The molecule has 2 aromatic heterocycles. The zero-order valence-corrected chi connectivity index (χ0v) is 16.4. The molecule has 0 saturated carbocycles. The Morgan fingerprint density at radius 2 is 2.00 bits per heavy atom. The highest BCUT2D eigenvalue weighted by Gasteiger charge is 2.22. The van der Waals surface area contributed by atoms with Crippen LogP contribution in [0.3, 0.4) is 0 Å². The zero-order chi connectivity index (χ0) is 20.5. The number of nitrogens with one attached hydrogen (secondary N) is 2. The summed E-state index contributed by atoms with van der Waals surface area (Å²) in [5.41, 5.74) is 0.477. The monoisotopic (exact) mass is 399 g/mol. The number of aromatic nitrogens is 3. The first-order valence-electron chi connectivity index (χ1n) is 9.77. The molecule has 4 rings (SSSR count). The largest absolute Gasteiger partial charge is 0.380 e. The highest BCUT2D eigenvalue weighted by molar-refractivity contribution is 5.81. The van der Waals surface area contributed by atoms with E-state index in [0.29, 0.717) is 17.8 Å². The molecule has 3 aromatic rings. The highest BCUT2D eigenvalue weighted by Crippen LogP contribution is 2.26. The molecule has 0 bridgehead atoms. The average Bonchev–Trinajstić information content (AvgIpc) is 2.68. The van der Waals surface area contributed by atoms with E-state index in [4.69, 9.17) is 0 Å². The molecule has 0 atom stereocenters. The molecule has 1 saturated heterocycles. The lowest BCUT2D eigenvalue weighted by Gasteiger charge is -2.35. The number of pyridine rings is 1. The molecule has 29 heavy (non-hydrogen) atoms. The molecule has 1 fully saturated rings. The van der Waals surface area contributed by atoms with Gasteiger partial charge in [-0.3, -0.25) is 9.78 Å². The van der Waals surface area contributed by atoms with Crippen molar-refractivity contribution >= 4 is 16.6 Å². The number of fused-ring (bicyclic) bond motifs is 1. The van der Waals surface area contributed by atoms with Gasteiger partial charge in [-0.05, 0) is 38.8 Å². The van der Waals surface area contributed by atoms with Crippen LogP contribution in [0.15, 0.2) is 35.3 Å². The Morgan fingerprint density at radius 3 is 2.72 bits per heavy atom. The van der Waals surface area contributed by atoms with Gasteiger partial charge in [0.15, 0.2) is 5.82 Å². The van der Waals surface area contributed by atoms with Crippen LogP contribution in [0.25, 0.3) is 22.4 Å². The van der Waals surface area contributed by atoms with Crippen LogP contribution in [0.4, 0.5) is 14.5 Å². The van der Waals surface area contributed by atoms with Crippen molar-refractivity contribution in [3.05, 3.63) is 52.5 Å². The molecule has 0 unspecified atom stereocenters. The topological polar surface area (TPSA) is 73.9 Å². The van der Waals surface area contributed by atoms with Gasteiger partial charge in [0, 0.05) is 43.5 Å². The van der Waals surface area contributed by atoms with Gasteiger partial charge in [-0.2, -0.15) is 0 Å². The molecule has 6 nitrogen and oxygen atoms in total. The molecule has 8 heteroatoms. The van der Waals surface area contributed by atoms with Crippen LogP contribution >= 0.6 is 0 Å². The molecule has 1 aliphatic rings. The van der Waals surface area contributed by atoms with Crippen LogP contribution in [0.2, 0.25) is 0 Å². The first-order valence-corrected chi connectivity index (χ1v) is 9.77. The molecule has 1 aromatic carbocycles. The van der Waals surface area contributed by atoms with E-state index in [0.717, 1.165) is 37.7 Å². The van der Waals surface area contributed by atoms with Crippen LogP contribution in [-0.2, 0) is 0 Å². The number of hydrogen-bond acceptors (Lipinski definition) is 5. The van der Waals surface area contributed by atoms with Gasteiger partial charge >= 0.3 is 0 Å². The van der Waals surface area contributed by atoms with Crippen molar-refractivity contribution in [3.8, 4) is 11.5 Å². The van der Waals surface area contributed by atoms with Gasteiger partial charge in [-0.1, -0.05) is 0 Å². The third-order valence-electron chi connectivity index (χ3n) is 5.38. The second-order valence-electron chi connectivity index (χ2n) is 7.64. The maximum absolute atomic E-state index is 14.0. The van der Waals surface area contributed by atoms with Gasteiger partial charge in [0.2, 0.25) is 0 Å². The van der Waals surface area contributed by atoms with E-state index in [1.54, 1.807) is 12.3 Å². The molecule has 0 radical (unpaired) electrons. The summed E-state index contributed by atoms with van der Waals surface area (Å²) >= 11 is 0. The molecule has 152 valence electrons. The number of benzene rings is 1. The number of H-pyrrole nitrogens is 1. The Kier molecular flexibility index (Phi) is 5.27. The zero-order valence-electron chi connectivity index (χ0n) is 16.4. The fourth-order valence-electron chi connectivity index (χ4n) is 3.79. The predicted octanol–water partition coefficient (Wildman–Crippen LogP) is 3.55. The van der Waals surface area contributed by atoms with Gasteiger partial charge in [0.1, 0.15) is 22.7 Å². The number of halogens is 2. The molecular formula is C21H23F2N5O. The Balaban J connectivity index is 1.66. The third-order valence-corrected chi connectivity index (χ3v) is 5.38. The van der Waals surface area contributed by atoms with Gasteiger partial charge in [0.05, 0.1) is 11.2 Å². The van der Waals surface area contributed by atoms with Crippen molar-refractivity contribution in [1.29, 1.82) is 0 Å². The SMILES string of the molecule is CC(C)N1CCC(Nc2cccnc2-c2nc3cc(F)cc(F)c3c(=O)[nH]2)CC1. The number of rotatable bonds is 4. The Labute approximate surface area is 167 Å². The Morgan fingerprint density at radius 1 is 1.24 bits per heavy atom. The lowest BCUT2D eigenvalue weighted by atomic mass is 10.0. The van der Waals surface area contributed by atoms with Gasteiger partial charge in [0.25, 0.3) is 5.56 Å². The maximum atomic E-state index is 14.0. The molecule has 3 heterocycles. The normalized spacial score (nSPS) is 15.9. The van der Waals surface area contributed by atoms with Crippen molar-refractivity contribution in [2.24, 2.45) is 0 Å². The number of anilines is 1. The number of aromatic amines is 1. The molecule has 0 amide bonds. The summed E-state index contributed by atoms with van der Waals surface area (Å²) in [7, 11) is 0. The van der Waals surface area contributed by atoms with Crippen LogP contribution < -0.4 is 10.9 Å². The summed E-state index contributed by atoms with van der Waals surface area (Å²) in [4.78, 5) is 26.0. The number of likely N-dealkylation sites (tertiary alicyclic amines) is 1. The van der Waals surface area contributed by atoms with Crippen LogP contribution in [0.5, 0.6) is 0 Å². The Bertz CT molecular complexity index is 1090. The van der Waals surface area contributed by atoms with Gasteiger partial charge in [-0.15, -0.1) is 0 Å². The number of piperidine rings is 1. The lowest BCUT2D eigenvalue weighted by molar-refractivity contribution is 0.177. The molecule has 0 spiro atoms. The summed E-state index contributed by atoms with van der Waals surface area (Å²) in [6.07, 6.45) is 3.58. The second-order valence-corrected chi connectivity index (χ2v) is 7.64. The number of nitrogens with zero attached hydrogens (tertiary/aromatic N) is 3. The average molecular weight is 399 g/mol. The summed E-state index contributed by atoms with van der Waals surface area (Å²) in [6.45, 7) is 6.41. The van der Waals surface area contributed by atoms with E-state index in [1.807, 2.05) is 6.07 Å². The predicted molar refractivity (Wildman–Crippen MR) is 109 cm³/mol. The van der Waals surface area contributed by atoms with Crippen molar-refractivity contribution in [1.82, 2.24) is 19.9 Å². The summed E-state index contributed by atoms with van der Waals surface area (Å²) in [5, 5.41) is 3.24. The summed E-state index contributed by atoms with van der Waals surface area (Å²) in [5.74, 6) is -1.54. The maximum Gasteiger partial charge on any atom is 0.262 e. The Hall–Kier alpha value is -2.87. The molecule has 0 aliphatic carbocycles. The third kappa shape index (κ3) is 3.98. The first kappa shape index (κ1) is 19.4. The van der Waals surface area contributed by atoms with Crippen molar-refractivity contribution in [2.75, 3.05) is 18.4 Å². The highest BCUT2D eigenvalue weighted by atomic mass is 19.1. The minimum absolute atomic E-state index is 0.0388. The van der Waals surface area contributed by atoms with E-state index in [1.165, 1.54) is 0 Å². The number of hydrogen-bond donors (Lipinski definition) is 2.